The zero-order valence-electron chi connectivity index (χ0n) is 13.1. The summed E-state index contributed by atoms with van der Waals surface area (Å²) in [7, 11) is -3.82. The lowest BCUT2D eigenvalue weighted by atomic mass is 10.2. The van der Waals surface area contributed by atoms with Crippen molar-refractivity contribution >= 4 is 15.9 Å². The maximum Gasteiger partial charge on any atom is 0.244 e. The molecule has 0 saturated heterocycles. The third-order valence-electron chi connectivity index (χ3n) is 3.24. The molecule has 9 heteroatoms. The number of nitrogens with zero attached hydrogens (tertiary/aromatic N) is 2. The maximum absolute atomic E-state index is 12.4. The summed E-state index contributed by atoms with van der Waals surface area (Å²) in [5.41, 5.74) is 1.62. The van der Waals surface area contributed by atoms with Gasteiger partial charge in [-0.05, 0) is 32.4 Å². The SMILES string of the molecule is Cc1n[nH]c(C)c1S(=O)(=O)N[C@@H](C)C(=O)NCc1cccnc1. The summed E-state index contributed by atoms with van der Waals surface area (Å²) in [6.45, 7) is 4.97. The van der Waals surface area contributed by atoms with Gasteiger partial charge in [0.25, 0.3) is 0 Å². The molecule has 2 heterocycles. The van der Waals surface area contributed by atoms with Crippen LogP contribution in [0, 0.1) is 13.8 Å². The van der Waals surface area contributed by atoms with Crippen LogP contribution in [-0.4, -0.2) is 35.5 Å². The molecule has 23 heavy (non-hydrogen) atoms. The summed E-state index contributed by atoms with van der Waals surface area (Å²) in [6, 6.07) is 2.67. The highest BCUT2D eigenvalue weighted by Crippen LogP contribution is 2.16. The van der Waals surface area contributed by atoms with Crippen LogP contribution in [0.2, 0.25) is 0 Å². The van der Waals surface area contributed by atoms with Gasteiger partial charge in [-0.1, -0.05) is 6.07 Å². The molecule has 1 amide bonds. The lowest BCUT2D eigenvalue weighted by Gasteiger charge is -2.14. The number of carbonyl (C=O) groups is 1. The van der Waals surface area contributed by atoms with E-state index in [4.69, 9.17) is 0 Å². The van der Waals surface area contributed by atoms with Crippen LogP contribution in [0.3, 0.4) is 0 Å². The van der Waals surface area contributed by atoms with E-state index >= 15 is 0 Å². The highest BCUT2D eigenvalue weighted by molar-refractivity contribution is 7.89. The fraction of sp³-hybridized carbons (Fsp3) is 0.357. The summed E-state index contributed by atoms with van der Waals surface area (Å²) in [4.78, 5) is 16.1. The van der Waals surface area contributed by atoms with Gasteiger partial charge >= 0.3 is 0 Å². The fourth-order valence-electron chi connectivity index (χ4n) is 2.13. The van der Waals surface area contributed by atoms with Gasteiger partial charge in [0, 0.05) is 18.9 Å². The number of nitrogens with one attached hydrogen (secondary N) is 3. The van der Waals surface area contributed by atoms with Gasteiger partial charge in [-0.15, -0.1) is 0 Å². The number of H-pyrrole nitrogens is 1. The second kappa shape index (κ2) is 6.88. The van der Waals surface area contributed by atoms with E-state index in [0.717, 1.165) is 5.56 Å². The van der Waals surface area contributed by atoms with Gasteiger partial charge in [0.1, 0.15) is 4.90 Å². The summed E-state index contributed by atoms with van der Waals surface area (Å²) >= 11 is 0. The molecular formula is C14H19N5O3S. The third kappa shape index (κ3) is 4.14. The minimum Gasteiger partial charge on any atom is -0.351 e. The minimum absolute atomic E-state index is 0.0735. The quantitative estimate of drug-likeness (QED) is 0.705. The van der Waals surface area contributed by atoms with Gasteiger partial charge in [-0.3, -0.25) is 14.9 Å². The Kier molecular flexibility index (Phi) is 5.12. The molecule has 0 aliphatic rings. The molecule has 0 aromatic carbocycles. The average molecular weight is 337 g/mol. The number of aromatic amines is 1. The number of aryl methyl sites for hydroxylation is 2. The molecule has 0 aliphatic carbocycles. The number of amides is 1. The Bertz CT molecular complexity index is 766. The number of hydrogen-bond donors (Lipinski definition) is 3. The Morgan fingerprint density at radius 3 is 2.70 bits per heavy atom. The van der Waals surface area contributed by atoms with E-state index in [1.165, 1.54) is 6.92 Å². The van der Waals surface area contributed by atoms with E-state index < -0.39 is 22.0 Å². The van der Waals surface area contributed by atoms with Gasteiger partial charge in [-0.2, -0.15) is 9.82 Å². The van der Waals surface area contributed by atoms with Crippen LogP contribution in [0.4, 0.5) is 0 Å². The second-order valence-corrected chi connectivity index (χ2v) is 6.84. The molecule has 2 aromatic heterocycles. The molecule has 3 N–H and O–H groups in total. The van der Waals surface area contributed by atoms with Crippen molar-refractivity contribution in [3.8, 4) is 0 Å². The standard InChI is InChI=1S/C14H19N5O3S/c1-9-13(10(2)18-17-9)23(21,22)19-11(3)14(20)16-8-12-5-4-6-15-7-12/h4-7,11,19H,8H2,1-3H3,(H,16,20)(H,17,18)/t11-/m0/s1. The molecule has 0 aliphatic heterocycles. The Morgan fingerprint density at radius 2 is 2.13 bits per heavy atom. The first kappa shape index (κ1) is 17.1. The molecule has 0 fully saturated rings. The first-order chi connectivity index (χ1) is 10.8. The van der Waals surface area contributed by atoms with Crippen molar-refractivity contribution in [2.24, 2.45) is 0 Å². The Labute approximate surface area is 134 Å². The van der Waals surface area contributed by atoms with Crippen LogP contribution in [0.1, 0.15) is 23.9 Å². The van der Waals surface area contributed by atoms with Crippen molar-refractivity contribution in [1.29, 1.82) is 0 Å². The number of rotatable bonds is 6. The number of carbonyl (C=O) groups excluding carboxylic acids is 1. The third-order valence-corrected chi connectivity index (χ3v) is 5.05. The van der Waals surface area contributed by atoms with Crippen LogP contribution in [0.5, 0.6) is 0 Å². The summed E-state index contributed by atoms with van der Waals surface area (Å²) in [5, 5.41) is 9.14. The number of aromatic nitrogens is 3. The molecule has 124 valence electrons. The summed E-state index contributed by atoms with van der Waals surface area (Å²) in [5.74, 6) is -0.420. The van der Waals surface area contributed by atoms with E-state index in [1.807, 2.05) is 6.07 Å². The van der Waals surface area contributed by atoms with Gasteiger partial charge < -0.3 is 5.32 Å². The molecule has 0 radical (unpaired) electrons. The topological polar surface area (TPSA) is 117 Å². The highest BCUT2D eigenvalue weighted by Gasteiger charge is 2.26. The average Bonchev–Trinajstić information content (AvgIpc) is 2.85. The normalized spacial score (nSPS) is 12.8. The predicted octanol–water partition coefficient (Wildman–Crippen LogP) is 0.405. The molecule has 2 aromatic rings. The van der Waals surface area contributed by atoms with Crippen molar-refractivity contribution < 1.29 is 13.2 Å². The Hall–Kier alpha value is -2.26. The fourth-order valence-corrected chi connectivity index (χ4v) is 3.70. The first-order valence-corrected chi connectivity index (χ1v) is 8.50. The number of sulfonamides is 1. The van der Waals surface area contributed by atoms with Crippen molar-refractivity contribution in [2.45, 2.75) is 38.3 Å². The predicted molar refractivity (Wildman–Crippen MR) is 83.9 cm³/mol. The van der Waals surface area contributed by atoms with Crippen molar-refractivity contribution in [2.75, 3.05) is 0 Å². The second-order valence-electron chi connectivity index (χ2n) is 5.19. The van der Waals surface area contributed by atoms with E-state index in [2.05, 4.69) is 25.2 Å². The lowest BCUT2D eigenvalue weighted by Crippen LogP contribution is -2.44. The van der Waals surface area contributed by atoms with Gasteiger partial charge in [0.15, 0.2) is 0 Å². The molecule has 0 bridgehead atoms. The molecule has 2 rings (SSSR count). The zero-order chi connectivity index (χ0) is 17.0. The number of hydrogen-bond acceptors (Lipinski definition) is 5. The monoisotopic (exact) mass is 337 g/mol. The summed E-state index contributed by atoms with van der Waals surface area (Å²) < 4.78 is 27.1. The van der Waals surface area contributed by atoms with E-state index in [1.54, 1.807) is 32.3 Å². The molecule has 0 unspecified atom stereocenters. The van der Waals surface area contributed by atoms with E-state index in [0.29, 0.717) is 11.4 Å². The number of pyridine rings is 1. The minimum atomic E-state index is -3.82. The lowest BCUT2D eigenvalue weighted by molar-refractivity contribution is -0.122. The zero-order valence-corrected chi connectivity index (χ0v) is 13.9. The van der Waals surface area contributed by atoms with E-state index in [-0.39, 0.29) is 11.4 Å². The largest absolute Gasteiger partial charge is 0.351 e. The molecular weight excluding hydrogens is 318 g/mol. The van der Waals surface area contributed by atoms with Crippen molar-refractivity contribution in [1.82, 2.24) is 25.2 Å². The Balaban J connectivity index is 2.00. The van der Waals surface area contributed by atoms with Crippen LogP contribution in [-0.2, 0) is 21.4 Å². The van der Waals surface area contributed by atoms with Gasteiger partial charge in [0.2, 0.25) is 15.9 Å². The van der Waals surface area contributed by atoms with Crippen molar-refractivity contribution in [3.63, 3.8) is 0 Å². The smallest absolute Gasteiger partial charge is 0.244 e. The van der Waals surface area contributed by atoms with Crippen LogP contribution in [0.25, 0.3) is 0 Å². The van der Waals surface area contributed by atoms with Crippen LogP contribution in [0.15, 0.2) is 29.4 Å². The summed E-state index contributed by atoms with van der Waals surface area (Å²) in [6.07, 6.45) is 3.27. The van der Waals surface area contributed by atoms with E-state index in [9.17, 15) is 13.2 Å². The first-order valence-electron chi connectivity index (χ1n) is 7.02. The van der Waals surface area contributed by atoms with Gasteiger partial charge in [0.05, 0.1) is 17.4 Å². The molecule has 0 spiro atoms. The maximum atomic E-state index is 12.4. The highest BCUT2D eigenvalue weighted by atomic mass is 32.2. The van der Waals surface area contributed by atoms with Crippen molar-refractivity contribution in [3.05, 3.63) is 41.5 Å². The molecule has 1 atom stereocenters. The molecule has 8 nitrogen and oxygen atoms in total. The Morgan fingerprint density at radius 1 is 1.39 bits per heavy atom. The van der Waals surface area contributed by atoms with Crippen LogP contribution < -0.4 is 10.0 Å². The van der Waals surface area contributed by atoms with Crippen LogP contribution >= 0.6 is 0 Å². The van der Waals surface area contributed by atoms with Gasteiger partial charge in [-0.25, -0.2) is 8.42 Å². The molecule has 0 saturated carbocycles.